The van der Waals surface area contributed by atoms with E-state index >= 15 is 0 Å². The van der Waals surface area contributed by atoms with Crippen molar-refractivity contribution >= 4 is 21.7 Å². The van der Waals surface area contributed by atoms with Gasteiger partial charge in [0, 0.05) is 0 Å². The molecule has 1 rings (SSSR count). The Morgan fingerprint density at radius 3 is 2.42 bits per heavy atom. The van der Waals surface area contributed by atoms with Crippen LogP contribution < -0.4 is 5.32 Å². The minimum absolute atomic E-state index is 0.0440. The summed E-state index contributed by atoms with van der Waals surface area (Å²) in [6, 6.07) is 4.63. The first kappa shape index (κ1) is 15.2. The van der Waals surface area contributed by atoms with E-state index in [1.807, 2.05) is 0 Å². The molecular weight excluding hydrogens is 270 g/mol. The third-order valence-electron chi connectivity index (χ3n) is 2.56. The summed E-state index contributed by atoms with van der Waals surface area (Å²) in [4.78, 5) is 22.5. The molecule has 0 spiro atoms. The number of rotatable bonds is 5. The van der Waals surface area contributed by atoms with Crippen molar-refractivity contribution < 1.29 is 23.1 Å². The number of carboxylic acid groups (broad SMARTS) is 1. The van der Waals surface area contributed by atoms with E-state index in [4.69, 9.17) is 5.11 Å². The summed E-state index contributed by atoms with van der Waals surface area (Å²) in [5.74, 6) is -2.04. The van der Waals surface area contributed by atoms with E-state index in [0.717, 1.165) is 0 Å². The zero-order chi connectivity index (χ0) is 14.6. The third-order valence-corrected chi connectivity index (χ3v) is 4.35. The largest absolute Gasteiger partial charge is 0.480 e. The van der Waals surface area contributed by atoms with Gasteiger partial charge in [0.1, 0.15) is 6.04 Å². The molecule has 0 heterocycles. The summed E-state index contributed by atoms with van der Waals surface area (Å²) in [6.07, 6.45) is 0. The molecule has 1 unspecified atom stereocenters. The van der Waals surface area contributed by atoms with Crippen LogP contribution in [0.25, 0.3) is 0 Å². The van der Waals surface area contributed by atoms with Gasteiger partial charge in [0.25, 0.3) is 5.91 Å². The molecule has 1 aromatic carbocycles. The molecule has 7 heteroatoms. The Balaban J connectivity index is 3.15. The maximum absolute atomic E-state index is 11.9. The zero-order valence-corrected chi connectivity index (χ0v) is 11.4. The normalized spacial score (nSPS) is 12.7. The Morgan fingerprint density at radius 1 is 1.32 bits per heavy atom. The molecule has 2 N–H and O–H groups in total. The van der Waals surface area contributed by atoms with Gasteiger partial charge in [-0.25, -0.2) is 8.42 Å². The highest BCUT2D eigenvalue weighted by Crippen LogP contribution is 2.17. The number of carboxylic acids is 1. The Bertz CT molecular complexity index is 594. The first-order valence-corrected chi connectivity index (χ1v) is 7.30. The predicted octanol–water partition coefficient (Wildman–Crippen LogP) is 0.683. The van der Waals surface area contributed by atoms with Crippen molar-refractivity contribution in [3.05, 3.63) is 29.8 Å². The molecule has 0 saturated carbocycles. The minimum Gasteiger partial charge on any atom is -0.480 e. The second-order valence-electron chi connectivity index (χ2n) is 3.93. The Kier molecular flexibility index (Phi) is 4.66. The van der Waals surface area contributed by atoms with Gasteiger partial charge in [0.2, 0.25) is 0 Å². The molecule has 1 aromatic rings. The molecule has 0 bridgehead atoms. The van der Waals surface area contributed by atoms with Crippen LogP contribution in [0.15, 0.2) is 29.2 Å². The van der Waals surface area contributed by atoms with Crippen molar-refractivity contribution in [2.75, 3.05) is 5.75 Å². The van der Waals surface area contributed by atoms with Gasteiger partial charge in [0.15, 0.2) is 9.84 Å². The SMILES string of the molecule is CCS(=O)(=O)c1ccccc1C(=O)NC(C)C(=O)O. The fourth-order valence-corrected chi connectivity index (χ4v) is 2.51. The van der Waals surface area contributed by atoms with Gasteiger partial charge in [-0.15, -0.1) is 0 Å². The molecule has 0 aliphatic carbocycles. The maximum atomic E-state index is 11.9. The maximum Gasteiger partial charge on any atom is 0.325 e. The van der Waals surface area contributed by atoms with Crippen LogP contribution in [-0.2, 0) is 14.6 Å². The number of carbonyl (C=O) groups excluding carboxylic acids is 1. The van der Waals surface area contributed by atoms with Gasteiger partial charge in [-0.05, 0) is 19.1 Å². The van der Waals surface area contributed by atoms with E-state index in [1.165, 1.54) is 38.1 Å². The van der Waals surface area contributed by atoms with Crippen LogP contribution in [0.3, 0.4) is 0 Å². The summed E-state index contributed by atoms with van der Waals surface area (Å²) >= 11 is 0. The van der Waals surface area contributed by atoms with Crippen LogP contribution in [0.2, 0.25) is 0 Å². The molecule has 1 atom stereocenters. The standard InChI is InChI=1S/C12H15NO5S/c1-3-19(17,18)10-7-5-4-6-9(10)11(14)13-8(2)12(15)16/h4-8H,3H2,1-2H3,(H,13,14)(H,15,16). The monoisotopic (exact) mass is 285 g/mol. The fraction of sp³-hybridized carbons (Fsp3) is 0.333. The van der Waals surface area contributed by atoms with Crippen LogP contribution in [0.1, 0.15) is 24.2 Å². The first-order chi connectivity index (χ1) is 8.79. The van der Waals surface area contributed by atoms with E-state index in [-0.39, 0.29) is 16.2 Å². The second kappa shape index (κ2) is 5.83. The van der Waals surface area contributed by atoms with Crippen LogP contribution in [-0.4, -0.2) is 37.2 Å². The number of amides is 1. The summed E-state index contributed by atoms with van der Waals surface area (Å²) in [5.41, 5.74) is -0.0440. The smallest absolute Gasteiger partial charge is 0.325 e. The van der Waals surface area contributed by atoms with Crippen LogP contribution in [0.5, 0.6) is 0 Å². The van der Waals surface area contributed by atoms with Crippen molar-refractivity contribution in [3.8, 4) is 0 Å². The fourth-order valence-electron chi connectivity index (χ4n) is 1.42. The van der Waals surface area contributed by atoms with E-state index in [0.29, 0.717) is 0 Å². The van der Waals surface area contributed by atoms with Gasteiger partial charge >= 0.3 is 5.97 Å². The Hall–Kier alpha value is -1.89. The molecule has 0 aliphatic rings. The number of benzene rings is 1. The highest BCUT2D eigenvalue weighted by atomic mass is 32.2. The quantitative estimate of drug-likeness (QED) is 0.828. The number of hydrogen-bond donors (Lipinski definition) is 2. The Labute approximate surface area is 111 Å². The molecule has 0 fully saturated rings. The van der Waals surface area contributed by atoms with Crippen molar-refractivity contribution in [1.82, 2.24) is 5.32 Å². The zero-order valence-electron chi connectivity index (χ0n) is 10.6. The molecule has 1 amide bonds. The van der Waals surface area contributed by atoms with Gasteiger partial charge < -0.3 is 10.4 Å². The molecule has 0 aromatic heterocycles. The number of hydrogen-bond acceptors (Lipinski definition) is 4. The number of sulfone groups is 1. The summed E-state index contributed by atoms with van der Waals surface area (Å²) < 4.78 is 23.7. The highest BCUT2D eigenvalue weighted by Gasteiger charge is 2.22. The van der Waals surface area contributed by atoms with Gasteiger partial charge in [0.05, 0.1) is 16.2 Å². The lowest BCUT2D eigenvalue weighted by atomic mass is 10.2. The van der Waals surface area contributed by atoms with E-state index in [1.54, 1.807) is 0 Å². The topological polar surface area (TPSA) is 101 Å². The molecule has 6 nitrogen and oxygen atoms in total. The second-order valence-corrected chi connectivity index (χ2v) is 6.18. The van der Waals surface area contributed by atoms with Crippen LogP contribution in [0, 0.1) is 0 Å². The van der Waals surface area contributed by atoms with Gasteiger partial charge in [-0.1, -0.05) is 19.1 Å². The van der Waals surface area contributed by atoms with E-state index in [9.17, 15) is 18.0 Å². The summed E-state index contributed by atoms with van der Waals surface area (Å²) in [5, 5.41) is 10.9. The lowest BCUT2D eigenvalue weighted by Crippen LogP contribution is -2.38. The van der Waals surface area contributed by atoms with Crippen molar-refractivity contribution in [2.45, 2.75) is 24.8 Å². The Morgan fingerprint density at radius 2 is 1.89 bits per heavy atom. The molecule has 0 saturated heterocycles. The van der Waals surface area contributed by atoms with Gasteiger partial charge in [-0.2, -0.15) is 0 Å². The predicted molar refractivity (Wildman–Crippen MR) is 68.7 cm³/mol. The average Bonchev–Trinajstić information content (AvgIpc) is 2.38. The van der Waals surface area contributed by atoms with Crippen molar-refractivity contribution in [1.29, 1.82) is 0 Å². The molecule has 0 aliphatic heterocycles. The lowest BCUT2D eigenvalue weighted by Gasteiger charge is -2.12. The molecule has 104 valence electrons. The average molecular weight is 285 g/mol. The van der Waals surface area contributed by atoms with Crippen molar-refractivity contribution in [3.63, 3.8) is 0 Å². The lowest BCUT2D eigenvalue weighted by molar-refractivity contribution is -0.138. The van der Waals surface area contributed by atoms with E-state index in [2.05, 4.69) is 5.32 Å². The summed E-state index contributed by atoms with van der Waals surface area (Å²) in [6.45, 7) is 2.78. The summed E-state index contributed by atoms with van der Waals surface area (Å²) in [7, 11) is -3.54. The van der Waals surface area contributed by atoms with Crippen LogP contribution in [0.4, 0.5) is 0 Å². The first-order valence-electron chi connectivity index (χ1n) is 5.65. The number of carbonyl (C=O) groups is 2. The van der Waals surface area contributed by atoms with E-state index < -0.39 is 27.8 Å². The molecular formula is C12H15NO5S. The number of aliphatic carboxylic acids is 1. The van der Waals surface area contributed by atoms with Crippen LogP contribution >= 0.6 is 0 Å². The highest BCUT2D eigenvalue weighted by molar-refractivity contribution is 7.91. The van der Waals surface area contributed by atoms with Crippen molar-refractivity contribution in [2.24, 2.45) is 0 Å². The number of nitrogens with one attached hydrogen (secondary N) is 1. The molecule has 0 radical (unpaired) electrons. The third kappa shape index (κ3) is 3.54. The van der Waals surface area contributed by atoms with Gasteiger partial charge in [-0.3, -0.25) is 9.59 Å². The molecule has 19 heavy (non-hydrogen) atoms. The minimum atomic E-state index is -3.54.